The van der Waals surface area contributed by atoms with E-state index < -0.39 is 0 Å². The van der Waals surface area contributed by atoms with Crippen LogP contribution in [-0.4, -0.2) is 16.2 Å². The number of hydrogen-bond donors (Lipinski definition) is 2. The first kappa shape index (κ1) is 9.49. The average Bonchev–Trinajstić information content (AvgIpc) is 2.56. The number of allylic oxidation sites excluding steroid dienone is 1. The lowest BCUT2D eigenvalue weighted by Gasteiger charge is -2.05. The number of pyridine rings is 1. The molecule has 1 atom stereocenters. The lowest BCUT2D eigenvalue weighted by Crippen LogP contribution is -1.96. The molecule has 1 unspecified atom stereocenters. The molecule has 0 bridgehead atoms. The molecule has 0 saturated heterocycles. The largest absolute Gasteiger partial charge is 0.389 e. The third-order valence-electron chi connectivity index (χ3n) is 2.33. The van der Waals surface area contributed by atoms with E-state index in [1.807, 2.05) is 6.08 Å². The molecule has 1 heterocycles. The summed E-state index contributed by atoms with van der Waals surface area (Å²) in [5.74, 6) is 0.467. The van der Waals surface area contributed by atoms with Crippen LogP contribution in [0, 0.1) is 0 Å². The highest BCUT2D eigenvalue weighted by Gasteiger charge is 2.16. The highest BCUT2D eigenvalue weighted by Crippen LogP contribution is 2.31. The molecule has 0 radical (unpaired) electrons. The van der Waals surface area contributed by atoms with Crippen LogP contribution < -0.4 is 5.73 Å². The molecule has 2 rings (SSSR count). The monoisotopic (exact) mass is 210 g/mol. The second-order valence-electron chi connectivity index (χ2n) is 3.38. The highest BCUT2D eigenvalue weighted by atomic mass is 35.5. The van der Waals surface area contributed by atoms with Gasteiger partial charge in [0.1, 0.15) is 5.82 Å². The molecular weight excluding hydrogens is 200 g/mol. The van der Waals surface area contributed by atoms with Crippen molar-refractivity contribution < 1.29 is 5.11 Å². The van der Waals surface area contributed by atoms with Crippen LogP contribution >= 0.6 is 11.6 Å². The maximum atomic E-state index is 9.35. The Balaban J connectivity index is 2.41. The number of nitrogens with zero attached hydrogens (tertiary/aromatic N) is 1. The van der Waals surface area contributed by atoms with Gasteiger partial charge in [-0.3, -0.25) is 0 Å². The minimum absolute atomic E-state index is 0.358. The van der Waals surface area contributed by atoms with E-state index in [9.17, 15) is 5.11 Å². The summed E-state index contributed by atoms with van der Waals surface area (Å²) >= 11 is 5.82. The van der Waals surface area contributed by atoms with E-state index in [2.05, 4.69) is 4.98 Å². The second-order valence-corrected chi connectivity index (χ2v) is 3.82. The topological polar surface area (TPSA) is 59.1 Å². The molecule has 0 aliphatic heterocycles. The van der Waals surface area contributed by atoms with Crippen molar-refractivity contribution in [2.45, 2.75) is 18.9 Å². The van der Waals surface area contributed by atoms with E-state index >= 15 is 0 Å². The standard InChI is InChI=1S/C10H11ClN2O/c11-7-4-9(10(12)13-5-7)6-1-2-8(14)3-6/h3-5,8,14H,1-2H2,(H2,12,13). The van der Waals surface area contributed by atoms with Crippen molar-refractivity contribution >= 4 is 23.0 Å². The van der Waals surface area contributed by atoms with Gasteiger partial charge < -0.3 is 10.8 Å². The van der Waals surface area contributed by atoms with Crippen molar-refractivity contribution in [3.8, 4) is 0 Å². The van der Waals surface area contributed by atoms with Crippen molar-refractivity contribution in [1.29, 1.82) is 0 Å². The Morgan fingerprint density at radius 3 is 3.00 bits per heavy atom. The number of hydrogen-bond acceptors (Lipinski definition) is 3. The fourth-order valence-electron chi connectivity index (χ4n) is 1.63. The molecule has 0 spiro atoms. The van der Waals surface area contributed by atoms with Crippen molar-refractivity contribution in [2.75, 3.05) is 5.73 Å². The number of aliphatic hydroxyl groups is 1. The van der Waals surface area contributed by atoms with Gasteiger partial charge in [0.25, 0.3) is 0 Å². The molecule has 14 heavy (non-hydrogen) atoms. The van der Waals surface area contributed by atoms with Crippen LogP contribution in [0.5, 0.6) is 0 Å². The summed E-state index contributed by atoms with van der Waals surface area (Å²) in [7, 11) is 0. The summed E-state index contributed by atoms with van der Waals surface area (Å²) in [6.07, 6.45) is 4.55. The quantitative estimate of drug-likeness (QED) is 0.744. The number of aliphatic hydroxyl groups excluding tert-OH is 1. The third-order valence-corrected chi connectivity index (χ3v) is 2.54. The fourth-order valence-corrected chi connectivity index (χ4v) is 1.79. The average molecular weight is 211 g/mol. The molecule has 1 aliphatic rings. The maximum Gasteiger partial charge on any atom is 0.130 e. The van der Waals surface area contributed by atoms with E-state index in [-0.39, 0.29) is 6.10 Å². The van der Waals surface area contributed by atoms with Gasteiger partial charge in [-0.05, 0) is 24.5 Å². The Kier molecular flexibility index (Phi) is 2.44. The van der Waals surface area contributed by atoms with Gasteiger partial charge in [0.2, 0.25) is 0 Å². The highest BCUT2D eigenvalue weighted by molar-refractivity contribution is 6.30. The maximum absolute atomic E-state index is 9.35. The first-order valence-electron chi connectivity index (χ1n) is 4.47. The zero-order chi connectivity index (χ0) is 10.1. The van der Waals surface area contributed by atoms with Gasteiger partial charge >= 0.3 is 0 Å². The van der Waals surface area contributed by atoms with Crippen LogP contribution in [0.1, 0.15) is 18.4 Å². The molecule has 1 aromatic rings. The van der Waals surface area contributed by atoms with Gasteiger partial charge in [0, 0.05) is 11.8 Å². The number of nitrogen functional groups attached to an aromatic ring is 1. The minimum Gasteiger partial charge on any atom is -0.389 e. The molecule has 1 aromatic heterocycles. The van der Waals surface area contributed by atoms with Crippen LogP contribution in [0.15, 0.2) is 18.3 Å². The molecule has 4 heteroatoms. The van der Waals surface area contributed by atoms with Gasteiger partial charge in [-0.15, -0.1) is 0 Å². The summed E-state index contributed by atoms with van der Waals surface area (Å²) in [4.78, 5) is 3.97. The van der Waals surface area contributed by atoms with Crippen molar-refractivity contribution in [2.24, 2.45) is 0 Å². The van der Waals surface area contributed by atoms with Gasteiger partial charge in [0.15, 0.2) is 0 Å². The van der Waals surface area contributed by atoms with Gasteiger partial charge in [-0.2, -0.15) is 0 Å². The normalized spacial score (nSPS) is 21.0. The molecule has 1 aliphatic carbocycles. The lowest BCUT2D eigenvalue weighted by molar-refractivity contribution is 0.223. The summed E-state index contributed by atoms with van der Waals surface area (Å²) in [6, 6.07) is 1.79. The summed E-state index contributed by atoms with van der Waals surface area (Å²) in [5, 5.41) is 9.92. The zero-order valence-electron chi connectivity index (χ0n) is 7.57. The van der Waals surface area contributed by atoms with E-state index in [4.69, 9.17) is 17.3 Å². The predicted octanol–water partition coefficient (Wildman–Crippen LogP) is 1.86. The third kappa shape index (κ3) is 1.74. The molecule has 0 aromatic carbocycles. The number of rotatable bonds is 1. The van der Waals surface area contributed by atoms with Gasteiger partial charge in [-0.1, -0.05) is 17.7 Å². The Morgan fingerprint density at radius 2 is 2.36 bits per heavy atom. The van der Waals surface area contributed by atoms with E-state index in [0.29, 0.717) is 10.8 Å². The van der Waals surface area contributed by atoms with Crippen LogP contribution in [0.25, 0.3) is 5.57 Å². The number of halogens is 1. The van der Waals surface area contributed by atoms with Crippen LogP contribution in [0.2, 0.25) is 5.02 Å². The van der Waals surface area contributed by atoms with E-state index in [0.717, 1.165) is 24.0 Å². The van der Waals surface area contributed by atoms with Crippen LogP contribution in [-0.2, 0) is 0 Å². The van der Waals surface area contributed by atoms with Crippen molar-refractivity contribution in [1.82, 2.24) is 4.98 Å². The summed E-state index contributed by atoms with van der Waals surface area (Å²) in [5.41, 5.74) is 7.60. The summed E-state index contributed by atoms with van der Waals surface area (Å²) in [6.45, 7) is 0. The molecule has 3 N–H and O–H groups in total. The van der Waals surface area contributed by atoms with Crippen molar-refractivity contribution in [3.05, 3.63) is 28.9 Å². The Morgan fingerprint density at radius 1 is 1.57 bits per heavy atom. The lowest BCUT2D eigenvalue weighted by atomic mass is 10.1. The van der Waals surface area contributed by atoms with Gasteiger partial charge in [-0.25, -0.2) is 4.98 Å². The van der Waals surface area contributed by atoms with Crippen LogP contribution in [0.3, 0.4) is 0 Å². The molecule has 0 fully saturated rings. The van der Waals surface area contributed by atoms with Gasteiger partial charge in [0.05, 0.1) is 11.1 Å². The van der Waals surface area contributed by atoms with Crippen LogP contribution in [0.4, 0.5) is 5.82 Å². The van der Waals surface area contributed by atoms with Crippen molar-refractivity contribution in [3.63, 3.8) is 0 Å². The Bertz CT molecular complexity index is 390. The number of anilines is 1. The summed E-state index contributed by atoms with van der Waals surface area (Å²) < 4.78 is 0. The van der Waals surface area contributed by atoms with E-state index in [1.165, 1.54) is 6.20 Å². The smallest absolute Gasteiger partial charge is 0.130 e. The first-order valence-corrected chi connectivity index (χ1v) is 4.85. The second kappa shape index (κ2) is 3.59. The predicted molar refractivity (Wildman–Crippen MR) is 56.9 cm³/mol. The molecule has 0 saturated carbocycles. The van der Waals surface area contributed by atoms with E-state index in [1.54, 1.807) is 6.07 Å². The SMILES string of the molecule is Nc1ncc(Cl)cc1C1=CC(O)CC1. The fraction of sp³-hybridized carbons (Fsp3) is 0.300. The minimum atomic E-state index is -0.358. The molecule has 74 valence electrons. The molecule has 3 nitrogen and oxygen atoms in total. The molecular formula is C10H11ClN2O. The Labute approximate surface area is 87.2 Å². The Hall–Kier alpha value is -1.06. The first-order chi connectivity index (χ1) is 6.66. The molecule has 0 amide bonds. The number of nitrogens with two attached hydrogens (primary N) is 1. The number of aromatic nitrogens is 1. The zero-order valence-corrected chi connectivity index (χ0v) is 8.33.